The molecule has 19 heavy (non-hydrogen) atoms. The molecule has 0 atom stereocenters. The highest BCUT2D eigenvalue weighted by atomic mass is 35.5. The Balaban J connectivity index is 2.23. The summed E-state index contributed by atoms with van der Waals surface area (Å²) in [5, 5.41) is 9.33. The van der Waals surface area contributed by atoms with Gasteiger partial charge in [0.1, 0.15) is 16.9 Å². The van der Waals surface area contributed by atoms with E-state index in [0.717, 1.165) is 11.3 Å². The number of nitriles is 1. The molecule has 0 aliphatic heterocycles. The third kappa shape index (κ3) is 2.95. The molecular formula is C14H13ClN4. The number of halogens is 1. The van der Waals surface area contributed by atoms with Gasteiger partial charge in [0.15, 0.2) is 0 Å². The maximum absolute atomic E-state index is 8.95. The molecule has 0 bridgehead atoms. The van der Waals surface area contributed by atoms with E-state index in [1.165, 1.54) is 0 Å². The molecule has 2 N–H and O–H groups in total. The van der Waals surface area contributed by atoms with Crippen molar-refractivity contribution in [2.45, 2.75) is 6.54 Å². The molecule has 2 aromatic rings. The minimum Gasteiger partial charge on any atom is -0.399 e. The van der Waals surface area contributed by atoms with Gasteiger partial charge < -0.3 is 10.6 Å². The number of hydrogen-bond donors (Lipinski definition) is 1. The van der Waals surface area contributed by atoms with Crippen molar-refractivity contribution in [3.05, 3.63) is 52.7 Å². The number of nitrogens with two attached hydrogens (primary N) is 1. The fourth-order valence-electron chi connectivity index (χ4n) is 1.76. The highest BCUT2D eigenvalue weighted by molar-refractivity contribution is 6.34. The van der Waals surface area contributed by atoms with E-state index in [-0.39, 0.29) is 0 Å². The van der Waals surface area contributed by atoms with E-state index in [9.17, 15) is 0 Å². The summed E-state index contributed by atoms with van der Waals surface area (Å²) in [6, 6.07) is 11.3. The Hall–Kier alpha value is -2.25. The summed E-state index contributed by atoms with van der Waals surface area (Å²) in [5.41, 5.74) is 7.90. The van der Waals surface area contributed by atoms with Gasteiger partial charge in [-0.1, -0.05) is 23.7 Å². The molecule has 96 valence electrons. The predicted octanol–water partition coefficient (Wildman–Crippen LogP) is 2.83. The van der Waals surface area contributed by atoms with Crippen LogP contribution < -0.4 is 10.6 Å². The first-order valence-electron chi connectivity index (χ1n) is 5.72. The minimum absolute atomic E-state index is 0.378. The summed E-state index contributed by atoms with van der Waals surface area (Å²) in [7, 11) is 1.88. The molecule has 1 aromatic heterocycles. The molecule has 0 aliphatic rings. The molecule has 5 heteroatoms. The lowest BCUT2D eigenvalue weighted by atomic mass is 10.2. The van der Waals surface area contributed by atoms with Crippen molar-refractivity contribution in [2.75, 3.05) is 17.7 Å². The number of benzene rings is 1. The number of rotatable bonds is 3. The molecule has 4 nitrogen and oxygen atoms in total. The van der Waals surface area contributed by atoms with Crippen LogP contribution in [0.2, 0.25) is 5.02 Å². The molecule has 0 saturated heterocycles. The van der Waals surface area contributed by atoms with Gasteiger partial charge in [-0.25, -0.2) is 4.98 Å². The van der Waals surface area contributed by atoms with E-state index in [4.69, 9.17) is 22.6 Å². The van der Waals surface area contributed by atoms with Gasteiger partial charge in [0, 0.05) is 25.5 Å². The van der Waals surface area contributed by atoms with Gasteiger partial charge in [0.25, 0.3) is 0 Å². The maximum atomic E-state index is 8.95. The van der Waals surface area contributed by atoms with Crippen molar-refractivity contribution in [2.24, 2.45) is 0 Å². The molecule has 0 amide bonds. The molecule has 0 radical (unpaired) electrons. The molecular weight excluding hydrogens is 260 g/mol. The smallest absolute Gasteiger partial charge is 0.148 e. The molecule has 1 heterocycles. The van der Waals surface area contributed by atoms with Crippen LogP contribution in [-0.2, 0) is 6.54 Å². The quantitative estimate of drug-likeness (QED) is 0.873. The summed E-state index contributed by atoms with van der Waals surface area (Å²) in [5.74, 6) is 0.595. The number of pyridine rings is 1. The Morgan fingerprint density at radius 3 is 2.63 bits per heavy atom. The summed E-state index contributed by atoms with van der Waals surface area (Å²) in [6.45, 7) is 0.641. The van der Waals surface area contributed by atoms with E-state index in [2.05, 4.69) is 4.98 Å². The molecule has 1 aromatic carbocycles. The Bertz CT molecular complexity index is 616. The van der Waals surface area contributed by atoms with Gasteiger partial charge >= 0.3 is 0 Å². The topological polar surface area (TPSA) is 65.9 Å². The Labute approximate surface area is 117 Å². The molecule has 0 saturated carbocycles. The summed E-state index contributed by atoms with van der Waals surface area (Å²) < 4.78 is 0. The zero-order chi connectivity index (χ0) is 13.8. The molecule has 2 rings (SSSR count). The van der Waals surface area contributed by atoms with E-state index < -0.39 is 0 Å². The fourth-order valence-corrected chi connectivity index (χ4v) is 2.06. The first kappa shape index (κ1) is 13.2. The lowest BCUT2D eigenvalue weighted by molar-refractivity contribution is 0.898. The van der Waals surface area contributed by atoms with Crippen LogP contribution in [0.15, 0.2) is 36.5 Å². The van der Waals surface area contributed by atoms with Crippen LogP contribution >= 0.6 is 11.6 Å². The summed E-state index contributed by atoms with van der Waals surface area (Å²) in [4.78, 5) is 6.12. The number of hydrogen-bond acceptors (Lipinski definition) is 4. The second kappa shape index (κ2) is 5.59. The van der Waals surface area contributed by atoms with Crippen molar-refractivity contribution in [3.8, 4) is 6.07 Å². The third-order valence-electron chi connectivity index (χ3n) is 2.75. The first-order chi connectivity index (χ1) is 9.11. The zero-order valence-electron chi connectivity index (χ0n) is 10.5. The van der Waals surface area contributed by atoms with Crippen LogP contribution in [0.4, 0.5) is 11.5 Å². The van der Waals surface area contributed by atoms with Crippen molar-refractivity contribution >= 4 is 23.1 Å². The largest absolute Gasteiger partial charge is 0.399 e. The third-order valence-corrected chi connectivity index (χ3v) is 3.12. The zero-order valence-corrected chi connectivity index (χ0v) is 11.2. The summed E-state index contributed by atoms with van der Waals surface area (Å²) >= 11 is 6.15. The van der Waals surface area contributed by atoms with E-state index in [1.807, 2.05) is 42.3 Å². The van der Waals surface area contributed by atoms with Crippen LogP contribution in [-0.4, -0.2) is 12.0 Å². The van der Waals surface area contributed by atoms with Crippen LogP contribution in [0, 0.1) is 11.3 Å². The predicted molar refractivity (Wildman–Crippen MR) is 76.9 cm³/mol. The lowest BCUT2D eigenvalue weighted by Crippen LogP contribution is -2.18. The second-order valence-electron chi connectivity index (χ2n) is 4.21. The van der Waals surface area contributed by atoms with Gasteiger partial charge in [-0.3, -0.25) is 0 Å². The van der Waals surface area contributed by atoms with Crippen molar-refractivity contribution < 1.29 is 0 Å². The number of aromatic nitrogens is 1. The van der Waals surface area contributed by atoms with E-state index in [1.54, 1.807) is 12.3 Å². The first-order valence-corrected chi connectivity index (χ1v) is 6.10. The van der Waals surface area contributed by atoms with E-state index >= 15 is 0 Å². The van der Waals surface area contributed by atoms with Crippen molar-refractivity contribution in [1.82, 2.24) is 4.98 Å². The van der Waals surface area contributed by atoms with Gasteiger partial charge in [-0.05, 0) is 23.8 Å². The highest BCUT2D eigenvalue weighted by Gasteiger charge is 2.11. The monoisotopic (exact) mass is 272 g/mol. The number of nitrogens with zero attached hydrogens (tertiary/aromatic N) is 3. The van der Waals surface area contributed by atoms with Gasteiger partial charge in [-0.2, -0.15) is 5.26 Å². The lowest BCUT2D eigenvalue weighted by Gasteiger charge is -2.19. The van der Waals surface area contributed by atoms with Crippen LogP contribution in [0.25, 0.3) is 0 Å². The maximum Gasteiger partial charge on any atom is 0.148 e. The second-order valence-corrected chi connectivity index (χ2v) is 4.58. The molecule has 0 fully saturated rings. The van der Waals surface area contributed by atoms with E-state index in [0.29, 0.717) is 22.9 Å². The molecule has 0 spiro atoms. The van der Waals surface area contributed by atoms with Crippen molar-refractivity contribution in [1.29, 1.82) is 5.26 Å². The Morgan fingerprint density at radius 2 is 2.00 bits per heavy atom. The van der Waals surface area contributed by atoms with Gasteiger partial charge in [0.2, 0.25) is 0 Å². The average Bonchev–Trinajstić information content (AvgIpc) is 2.41. The molecule has 0 aliphatic carbocycles. The molecule has 0 unspecified atom stereocenters. The van der Waals surface area contributed by atoms with Crippen LogP contribution in [0.1, 0.15) is 11.1 Å². The minimum atomic E-state index is 0.378. The van der Waals surface area contributed by atoms with Gasteiger partial charge in [0.05, 0.1) is 5.56 Å². The van der Waals surface area contributed by atoms with Crippen LogP contribution in [0.5, 0.6) is 0 Å². The highest BCUT2D eigenvalue weighted by Crippen LogP contribution is 2.26. The summed E-state index contributed by atoms with van der Waals surface area (Å²) in [6.07, 6.45) is 1.58. The Morgan fingerprint density at radius 1 is 1.32 bits per heavy atom. The Kier molecular flexibility index (Phi) is 3.88. The van der Waals surface area contributed by atoms with Gasteiger partial charge in [-0.15, -0.1) is 0 Å². The fraction of sp³-hybridized carbons (Fsp3) is 0.143. The SMILES string of the molecule is CN(Cc1ccc(N)cc1)c1nccc(C#N)c1Cl. The number of anilines is 2. The van der Waals surface area contributed by atoms with Crippen molar-refractivity contribution in [3.63, 3.8) is 0 Å². The normalized spacial score (nSPS) is 9.95. The number of nitrogen functional groups attached to an aromatic ring is 1. The average molecular weight is 273 g/mol. The van der Waals surface area contributed by atoms with Crippen LogP contribution in [0.3, 0.4) is 0 Å². The standard InChI is InChI=1S/C14H13ClN4/c1-19(9-10-2-4-12(17)5-3-10)14-13(15)11(8-16)6-7-18-14/h2-7H,9,17H2,1H3.